The van der Waals surface area contributed by atoms with Gasteiger partial charge in [-0.15, -0.1) is 0 Å². The van der Waals surface area contributed by atoms with Crippen LogP contribution in [0.1, 0.15) is 27.0 Å². The lowest BCUT2D eigenvalue weighted by molar-refractivity contribution is -0.181. The summed E-state index contributed by atoms with van der Waals surface area (Å²) in [6.07, 6.45) is 0. The third kappa shape index (κ3) is 2.85. The molecule has 0 aliphatic rings. The predicted octanol–water partition coefficient (Wildman–Crippen LogP) is 1.79. The zero-order chi connectivity index (χ0) is 11.6. The van der Waals surface area contributed by atoms with Crippen molar-refractivity contribution >= 4 is 14.2 Å². The molecule has 0 saturated carbocycles. The van der Waals surface area contributed by atoms with Crippen molar-refractivity contribution in [3.63, 3.8) is 0 Å². The summed E-state index contributed by atoms with van der Waals surface area (Å²) in [6.45, 7) is 5.39. The topological polar surface area (TPSA) is 66.4 Å². The maximum Gasteiger partial charge on any atom is 0.542 e. The molecule has 1 atom stereocenters. The van der Waals surface area contributed by atoms with Crippen LogP contribution in [0.25, 0.3) is 0 Å². The Bertz CT molecular complexity index is 402. The standard InChI is InChI=1S/C10H11O4P/c1-6-4-7(2)9(8(3)5-6)10(11)14-15(12)13/h4-5H,1-3H3. The second-order valence-corrected chi connectivity index (χ2v) is 4.01. The fourth-order valence-corrected chi connectivity index (χ4v) is 1.84. The third-order valence-corrected chi connectivity index (χ3v) is 2.35. The van der Waals surface area contributed by atoms with E-state index in [2.05, 4.69) is 4.52 Å². The SMILES string of the molecule is Cc1cc(C)c(C(=O)O[P+](=O)[O-])c(C)c1. The molecule has 0 aromatic heterocycles. The molecule has 1 aromatic carbocycles. The molecule has 1 unspecified atom stereocenters. The predicted molar refractivity (Wildman–Crippen MR) is 53.7 cm³/mol. The smallest absolute Gasteiger partial charge is 0.542 e. The van der Waals surface area contributed by atoms with Gasteiger partial charge in [0, 0.05) is 0 Å². The first-order valence-electron chi connectivity index (χ1n) is 4.36. The number of rotatable bonds is 2. The van der Waals surface area contributed by atoms with Crippen molar-refractivity contribution in [3.8, 4) is 0 Å². The van der Waals surface area contributed by atoms with Crippen LogP contribution in [0.2, 0.25) is 0 Å². The van der Waals surface area contributed by atoms with Gasteiger partial charge < -0.3 is 4.89 Å². The number of hydrogen-bond donors (Lipinski definition) is 0. The second-order valence-electron chi connectivity index (χ2n) is 3.38. The molecule has 5 heteroatoms. The summed E-state index contributed by atoms with van der Waals surface area (Å²) >= 11 is 0. The molecule has 0 aliphatic carbocycles. The second kappa shape index (κ2) is 4.51. The minimum Gasteiger partial charge on any atom is -0.558 e. The highest BCUT2D eigenvalue weighted by atomic mass is 31.1. The first-order valence-corrected chi connectivity index (χ1v) is 5.46. The number of carbonyl (C=O) groups excluding carboxylic acids is 1. The van der Waals surface area contributed by atoms with Gasteiger partial charge in [0.1, 0.15) is 0 Å². The van der Waals surface area contributed by atoms with Crippen LogP contribution in [0.15, 0.2) is 12.1 Å². The van der Waals surface area contributed by atoms with Gasteiger partial charge >= 0.3 is 14.2 Å². The Morgan fingerprint density at radius 1 is 1.27 bits per heavy atom. The molecule has 80 valence electrons. The van der Waals surface area contributed by atoms with Gasteiger partial charge in [0.15, 0.2) is 0 Å². The van der Waals surface area contributed by atoms with Gasteiger partial charge in [0.25, 0.3) is 0 Å². The molecule has 0 aliphatic heterocycles. The molecule has 1 rings (SSSR count). The van der Waals surface area contributed by atoms with Gasteiger partial charge in [-0.3, -0.25) is 0 Å². The van der Waals surface area contributed by atoms with Crippen LogP contribution in [-0.2, 0) is 9.09 Å². The van der Waals surface area contributed by atoms with Gasteiger partial charge in [0.05, 0.1) is 5.56 Å². The van der Waals surface area contributed by atoms with E-state index < -0.39 is 14.2 Å². The van der Waals surface area contributed by atoms with E-state index in [1.54, 1.807) is 13.8 Å². The van der Waals surface area contributed by atoms with Crippen LogP contribution in [0, 0.1) is 20.8 Å². The highest BCUT2D eigenvalue weighted by molar-refractivity contribution is 7.31. The fraction of sp³-hybridized carbons (Fsp3) is 0.300. The third-order valence-electron chi connectivity index (χ3n) is 2.04. The summed E-state index contributed by atoms with van der Waals surface area (Å²) in [5.74, 6) is -0.818. The van der Waals surface area contributed by atoms with E-state index in [0.717, 1.165) is 5.56 Å². The van der Waals surface area contributed by atoms with Crippen LogP contribution < -0.4 is 4.89 Å². The number of hydrogen-bond acceptors (Lipinski definition) is 4. The highest BCUT2D eigenvalue weighted by Gasteiger charge is 2.20. The Balaban J connectivity index is 3.14. The normalized spacial score (nSPS) is 11.1. The van der Waals surface area contributed by atoms with Crippen molar-refractivity contribution in [1.82, 2.24) is 0 Å². The Labute approximate surface area is 88.8 Å². The van der Waals surface area contributed by atoms with Gasteiger partial charge in [-0.1, -0.05) is 17.7 Å². The zero-order valence-electron chi connectivity index (χ0n) is 8.73. The molecule has 0 N–H and O–H groups in total. The fourth-order valence-electron chi connectivity index (χ4n) is 1.62. The number of benzene rings is 1. The van der Waals surface area contributed by atoms with Gasteiger partial charge in [-0.2, -0.15) is 0 Å². The summed E-state index contributed by atoms with van der Waals surface area (Å²) in [5, 5.41) is 0. The van der Waals surface area contributed by atoms with Crippen molar-refractivity contribution in [2.75, 3.05) is 0 Å². The van der Waals surface area contributed by atoms with E-state index in [0.29, 0.717) is 16.7 Å². The van der Waals surface area contributed by atoms with Gasteiger partial charge in [-0.25, -0.2) is 9.32 Å². The molecule has 0 spiro atoms. The first-order chi connectivity index (χ1) is 6.91. The number of carbonyl (C=O) groups is 1. The summed E-state index contributed by atoms with van der Waals surface area (Å²) in [4.78, 5) is 21.7. The average molecular weight is 226 g/mol. The Morgan fingerprint density at radius 3 is 2.13 bits per heavy atom. The van der Waals surface area contributed by atoms with Crippen LogP contribution >= 0.6 is 8.25 Å². The van der Waals surface area contributed by atoms with Crippen molar-refractivity contribution in [1.29, 1.82) is 0 Å². The zero-order valence-corrected chi connectivity index (χ0v) is 9.63. The lowest BCUT2D eigenvalue weighted by Gasteiger charge is -2.06. The van der Waals surface area contributed by atoms with Crippen LogP contribution in [-0.4, -0.2) is 5.97 Å². The lowest BCUT2D eigenvalue weighted by atomic mass is 10.0. The van der Waals surface area contributed by atoms with E-state index >= 15 is 0 Å². The molecule has 0 amide bonds. The maximum atomic E-state index is 11.4. The lowest BCUT2D eigenvalue weighted by Crippen LogP contribution is -2.08. The quantitative estimate of drug-likeness (QED) is 0.721. The molecule has 0 fully saturated rings. The summed E-state index contributed by atoms with van der Waals surface area (Å²) in [5.41, 5.74) is 2.77. The Kier molecular flexibility index (Phi) is 3.56. The van der Waals surface area contributed by atoms with Crippen molar-refractivity contribution in [2.24, 2.45) is 0 Å². The molecule has 1 aromatic rings. The van der Waals surface area contributed by atoms with E-state index in [1.807, 2.05) is 19.1 Å². The Hall–Kier alpha value is -1.25. The first kappa shape index (κ1) is 11.8. The minimum absolute atomic E-state index is 0.319. The average Bonchev–Trinajstić information content (AvgIpc) is 1.99. The van der Waals surface area contributed by atoms with Crippen molar-refractivity contribution in [3.05, 3.63) is 34.4 Å². The molecule has 0 bridgehead atoms. The molecule has 0 saturated heterocycles. The van der Waals surface area contributed by atoms with Crippen molar-refractivity contribution < 1.29 is 18.8 Å². The maximum absolute atomic E-state index is 11.4. The van der Waals surface area contributed by atoms with Crippen LogP contribution in [0.5, 0.6) is 0 Å². The largest absolute Gasteiger partial charge is 0.558 e. The van der Waals surface area contributed by atoms with Crippen molar-refractivity contribution in [2.45, 2.75) is 20.8 Å². The minimum atomic E-state index is -3.15. The molecule has 4 nitrogen and oxygen atoms in total. The van der Waals surface area contributed by atoms with Gasteiger partial charge in [0.2, 0.25) is 0 Å². The van der Waals surface area contributed by atoms with E-state index in [1.165, 1.54) is 0 Å². The summed E-state index contributed by atoms with van der Waals surface area (Å²) < 4.78 is 14.4. The molecule has 0 heterocycles. The van der Waals surface area contributed by atoms with Crippen LogP contribution in [0.3, 0.4) is 0 Å². The number of aryl methyl sites for hydroxylation is 3. The molecular weight excluding hydrogens is 215 g/mol. The van der Waals surface area contributed by atoms with Crippen LogP contribution in [0.4, 0.5) is 0 Å². The molecule has 0 radical (unpaired) electrons. The van der Waals surface area contributed by atoms with E-state index in [-0.39, 0.29) is 0 Å². The summed E-state index contributed by atoms with van der Waals surface area (Å²) in [6, 6.07) is 3.61. The van der Waals surface area contributed by atoms with E-state index in [9.17, 15) is 14.3 Å². The van der Waals surface area contributed by atoms with Gasteiger partial charge in [-0.05, 0) is 36.5 Å². The molecule has 15 heavy (non-hydrogen) atoms. The highest BCUT2D eigenvalue weighted by Crippen LogP contribution is 2.21. The molecular formula is C10H11O4P. The summed E-state index contributed by atoms with van der Waals surface area (Å²) in [7, 11) is -3.15. The Morgan fingerprint density at radius 2 is 1.73 bits per heavy atom. The van der Waals surface area contributed by atoms with E-state index in [4.69, 9.17) is 0 Å². The monoisotopic (exact) mass is 226 g/mol.